The maximum Gasteiger partial charge on any atom is 0.119 e. The summed E-state index contributed by atoms with van der Waals surface area (Å²) in [6, 6.07) is 8.61. The quantitative estimate of drug-likeness (QED) is 0.781. The summed E-state index contributed by atoms with van der Waals surface area (Å²) >= 11 is 0. The van der Waals surface area contributed by atoms with Gasteiger partial charge in [0.1, 0.15) is 12.4 Å². The van der Waals surface area contributed by atoms with E-state index in [9.17, 15) is 0 Å². The first kappa shape index (κ1) is 16.1. The minimum absolute atomic E-state index is 0.0130. The highest BCUT2D eigenvalue weighted by atomic mass is 16.5. The van der Waals surface area contributed by atoms with Gasteiger partial charge in [0.25, 0.3) is 0 Å². The topological polar surface area (TPSA) is 39.7 Å². The molecule has 1 N–H and O–H groups in total. The highest BCUT2D eigenvalue weighted by Gasteiger charge is 2.31. The first-order chi connectivity index (χ1) is 10.1. The summed E-state index contributed by atoms with van der Waals surface area (Å²) < 4.78 is 16.4. The van der Waals surface area contributed by atoms with Crippen LogP contribution in [0.15, 0.2) is 24.3 Å². The van der Waals surface area contributed by atoms with Crippen molar-refractivity contribution in [3.8, 4) is 5.75 Å². The molecule has 4 heteroatoms. The molecule has 0 saturated carbocycles. The molecule has 2 atom stereocenters. The van der Waals surface area contributed by atoms with Gasteiger partial charge in [0, 0.05) is 25.4 Å². The molecular weight excluding hydrogens is 266 g/mol. The van der Waals surface area contributed by atoms with Crippen LogP contribution in [0.1, 0.15) is 33.1 Å². The number of benzene rings is 1. The van der Waals surface area contributed by atoms with E-state index >= 15 is 0 Å². The summed E-state index contributed by atoms with van der Waals surface area (Å²) in [5, 5.41) is 3.60. The van der Waals surface area contributed by atoms with Gasteiger partial charge >= 0.3 is 0 Å². The van der Waals surface area contributed by atoms with E-state index in [1.807, 2.05) is 12.1 Å². The Morgan fingerprint density at radius 2 is 2.05 bits per heavy atom. The Balaban J connectivity index is 1.85. The molecule has 0 aliphatic carbocycles. The summed E-state index contributed by atoms with van der Waals surface area (Å²) in [7, 11) is 1.67. The van der Waals surface area contributed by atoms with Crippen LogP contribution in [-0.4, -0.2) is 38.6 Å². The number of hydrogen-bond donors (Lipinski definition) is 1. The molecule has 0 amide bonds. The van der Waals surface area contributed by atoms with Crippen molar-refractivity contribution < 1.29 is 14.2 Å². The molecule has 1 aromatic carbocycles. The SMILES string of the molecule is CCC1(C)CC(Nc2ccc(OCCOC)cc2)CCO1. The van der Waals surface area contributed by atoms with Crippen molar-refractivity contribution in [2.45, 2.75) is 44.8 Å². The zero-order chi connectivity index (χ0) is 15.1. The minimum Gasteiger partial charge on any atom is -0.491 e. The van der Waals surface area contributed by atoms with Crippen molar-refractivity contribution in [2.24, 2.45) is 0 Å². The molecule has 1 aliphatic rings. The third-order valence-corrected chi connectivity index (χ3v) is 4.12. The van der Waals surface area contributed by atoms with E-state index in [4.69, 9.17) is 14.2 Å². The molecular formula is C17H27NO3. The second-order valence-electron chi connectivity index (χ2n) is 5.85. The molecule has 0 bridgehead atoms. The summed E-state index contributed by atoms with van der Waals surface area (Å²) in [5.41, 5.74) is 1.15. The molecule has 4 nitrogen and oxygen atoms in total. The van der Waals surface area contributed by atoms with Crippen molar-refractivity contribution in [3.63, 3.8) is 0 Å². The zero-order valence-electron chi connectivity index (χ0n) is 13.4. The van der Waals surface area contributed by atoms with Crippen molar-refractivity contribution >= 4 is 5.69 Å². The fraction of sp³-hybridized carbons (Fsp3) is 0.647. The summed E-state index contributed by atoms with van der Waals surface area (Å²) in [4.78, 5) is 0. The Kier molecular flexibility index (Phi) is 5.88. The van der Waals surface area contributed by atoms with Gasteiger partial charge in [-0.15, -0.1) is 0 Å². The fourth-order valence-electron chi connectivity index (χ4n) is 2.63. The van der Waals surface area contributed by atoms with Crippen LogP contribution in [-0.2, 0) is 9.47 Å². The lowest BCUT2D eigenvalue weighted by atomic mass is 9.90. The van der Waals surface area contributed by atoms with Gasteiger partial charge in [-0.05, 0) is 50.5 Å². The molecule has 2 unspecified atom stereocenters. The number of hydrogen-bond acceptors (Lipinski definition) is 4. The molecule has 1 saturated heterocycles. The predicted octanol–water partition coefficient (Wildman–Crippen LogP) is 3.47. The number of ether oxygens (including phenoxy) is 3. The van der Waals surface area contributed by atoms with Gasteiger partial charge in [0.05, 0.1) is 12.2 Å². The van der Waals surface area contributed by atoms with Gasteiger partial charge in [0.15, 0.2) is 0 Å². The number of nitrogens with one attached hydrogen (secondary N) is 1. The Bertz CT molecular complexity index is 421. The molecule has 0 spiro atoms. The van der Waals surface area contributed by atoms with Gasteiger partial charge in [-0.25, -0.2) is 0 Å². The summed E-state index contributed by atoms with van der Waals surface area (Å²) in [5.74, 6) is 0.878. The van der Waals surface area contributed by atoms with Gasteiger partial charge in [-0.2, -0.15) is 0 Å². The van der Waals surface area contributed by atoms with Crippen LogP contribution in [0.25, 0.3) is 0 Å². The van der Waals surface area contributed by atoms with E-state index < -0.39 is 0 Å². The standard InChI is InChI=1S/C17H27NO3/c1-4-17(2)13-15(9-10-21-17)18-14-5-7-16(8-6-14)20-12-11-19-3/h5-8,15,18H,4,9-13H2,1-3H3. The average molecular weight is 293 g/mol. The molecule has 0 radical (unpaired) electrons. The minimum atomic E-state index is 0.0130. The van der Waals surface area contributed by atoms with Gasteiger partial charge in [0.2, 0.25) is 0 Å². The number of rotatable bonds is 7. The first-order valence-electron chi connectivity index (χ1n) is 7.77. The van der Waals surface area contributed by atoms with E-state index in [1.165, 1.54) is 0 Å². The predicted molar refractivity (Wildman–Crippen MR) is 85.1 cm³/mol. The third-order valence-electron chi connectivity index (χ3n) is 4.12. The van der Waals surface area contributed by atoms with Gasteiger partial charge < -0.3 is 19.5 Å². The Morgan fingerprint density at radius 3 is 2.71 bits per heavy atom. The molecule has 21 heavy (non-hydrogen) atoms. The maximum atomic E-state index is 5.88. The Morgan fingerprint density at radius 1 is 1.29 bits per heavy atom. The second-order valence-corrected chi connectivity index (χ2v) is 5.85. The Hall–Kier alpha value is -1.26. The van der Waals surface area contributed by atoms with E-state index in [-0.39, 0.29) is 5.60 Å². The first-order valence-corrected chi connectivity index (χ1v) is 7.77. The largest absolute Gasteiger partial charge is 0.491 e. The summed E-state index contributed by atoms with van der Waals surface area (Å²) in [6.45, 7) is 6.41. The normalized spacial score (nSPS) is 25.6. The van der Waals surface area contributed by atoms with Crippen molar-refractivity contribution in [1.29, 1.82) is 0 Å². The lowest BCUT2D eigenvalue weighted by Gasteiger charge is -2.38. The highest BCUT2D eigenvalue weighted by molar-refractivity contribution is 5.47. The zero-order valence-corrected chi connectivity index (χ0v) is 13.4. The van der Waals surface area contributed by atoms with E-state index in [1.54, 1.807) is 7.11 Å². The van der Waals surface area contributed by atoms with Crippen molar-refractivity contribution in [2.75, 3.05) is 32.2 Å². The molecule has 2 rings (SSSR count). The monoisotopic (exact) mass is 293 g/mol. The smallest absolute Gasteiger partial charge is 0.119 e. The second kappa shape index (κ2) is 7.66. The highest BCUT2D eigenvalue weighted by Crippen LogP contribution is 2.29. The molecule has 1 heterocycles. The van der Waals surface area contributed by atoms with E-state index in [0.29, 0.717) is 19.3 Å². The van der Waals surface area contributed by atoms with Crippen LogP contribution in [0, 0.1) is 0 Å². The van der Waals surface area contributed by atoms with Crippen molar-refractivity contribution in [1.82, 2.24) is 0 Å². The van der Waals surface area contributed by atoms with Crippen LogP contribution in [0.2, 0.25) is 0 Å². The van der Waals surface area contributed by atoms with E-state index in [0.717, 1.165) is 37.3 Å². The fourth-order valence-corrected chi connectivity index (χ4v) is 2.63. The lowest BCUT2D eigenvalue weighted by Crippen LogP contribution is -2.41. The lowest BCUT2D eigenvalue weighted by molar-refractivity contribution is -0.0708. The number of anilines is 1. The van der Waals surface area contributed by atoms with Gasteiger partial charge in [-0.1, -0.05) is 6.92 Å². The molecule has 1 aliphatic heterocycles. The van der Waals surface area contributed by atoms with Crippen LogP contribution in [0.4, 0.5) is 5.69 Å². The van der Waals surface area contributed by atoms with Gasteiger partial charge in [-0.3, -0.25) is 0 Å². The maximum absolute atomic E-state index is 5.88. The van der Waals surface area contributed by atoms with Crippen LogP contribution in [0.5, 0.6) is 5.75 Å². The molecule has 0 aromatic heterocycles. The van der Waals surface area contributed by atoms with Crippen LogP contribution >= 0.6 is 0 Å². The van der Waals surface area contributed by atoms with E-state index in [2.05, 4.69) is 31.3 Å². The molecule has 118 valence electrons. The van der Waals surface area contributed by atoms with Crippen molar-refractivity contribution in [3.05, 3.63) is 24.3 Å². The summed E-state index contributed by atoms with van der Waals surface area (Å²) in [6.07, 6.45) is 3.16. The van der Waals surface area contributed by atoms with Crippen LogP contribution < -0.4 is 10.1 Å². The average Bonchev–Trinajstić information content (AvgIpc) is 2.49. The molecule has 1 aromatic rings. The number of methoxy groups -OCH3 is 1. The third kappa shape index (κ3) is 4.90. The Labute approximate surface area is 127 Å². The molecule has 1 fully saturated rings. The van der Waals surface area contributed by atoms with Crippen LogP contribution in [0.3, 0.4) is 0 Å².